The van der Waals surface area contributed by atoms with Crippen molar-refractivity contribution in [3.63, 3.8) is 0 Å². The summed E-state index contributed by atoms with van der Waals surface area (Å²) < 4.78 is -0.460. The third kappa shape index (κ3) is 14.2. The molecule has 1 aromatic carbocycles. The van der Waals surface area contributed by atoms with E-state index in [9.17, 15) is 19.8 Å². The molecule has 0 fully saturated rings. The Morgan fingerprint density at radius 3 is 1.85 bits per heavy atom. The van der Waals surface area contributed by atoms with Crippen LogP contribution in [0.25, 0.3) is 0 Å². The minimum atomic E-state index is -1.19. The maximum atomic E-state index is 13.2. The number of unbranched alkanes of at least 4 members (excludes halogenated alkanes) is 2. The molecule has 5 heteroatoms. The molecule has 0 spiro atoms. The van der Waals surface area contributed by atoms with Gasteiger partial charge in [0.15, 0.2) is 5.78 Å². The molecule has 0 radical (unpaired) electrons. The van der Waals surface area contributed by atoms with Gasteiger partial charge >= 0.3 is 5.97 Å². The van der Waals surface area contributed by atoms with E-state index in [-0.39, 0.29) is 23.5 Å². The van der Waals surface area contributed by atoms with E-state index >= 15 is 0 Å². The number of carbonyl (C=O) groups excluding carboxylic acids is 1. The number of allylic oxidation sites excluding steroid dienone is 10. The lowest BCUT2D eigenvalue weighted by atomic mass is 9.91. The number of carbonyl (C=O) groups is 2. The minimum Gasteiger partial charge on any atom is -0.507 e. The van der Waals surface area contributed by atoms with Crippen LogP contribution in [0.2, 0.25) is 0 Å². The summed E-state index contributed by atoms with van der Waals surface area (Å²) in [6.07, 6.45) is 32.0. The van der Waals surface area contributed by atoms with Crippen molar-refractivity contribution < 1.29 is 19.8 Å². The van der Waals surface area contributed by atoms with Crippen LogP contribution in [0.4, 0.5) is 0 Å². The average Bonchev–Trinajstić information content (AvgIpc) is 2.93. The highest BCUT2D eigenvalue weighted by Gasteiger charge is 2.34. The number of rotatable bonds is 21. The molecule has 39 heavy (non-hydrogen) atoms. The van der Waals surface area contributed by atoms with Crippen LogP contribution in [0.1, 0.15) is 101 Å². The van der Waals surface area contributed by atoms with Crippen LogP contribution in [0.15, 0.2) is 79.0 Å². The second-order valence-electron chi connectivity index (χ2n) is 9.51. The van der Waals surface area contributed by atoms with Gasteiger partial charge in [-0.05, 0) is 87.7 Å². The molecule has 0 aliphatic rings. The standard InChI is InChI=1S/C34H48O4S/c1-4-7-8-9-10-11-12-13-14-15-16-17-18-19-20-21-22-23-26-39-34(5-2,6-3)32(36)28-29-24-25-31(35)30(27-29)33(37)38/h7-8,10-11,13-14,16-17,19-20,24-25,27,35H,4-6,9,12,15,18,21-23,26,28H2,1-3H3,(H,37,38)/b8-7-,11-10-,14-13-,17-16-,20-19-. The molecule has 1 rings (SSSR count). The number of carboxylic acids is 1. The van der Waals surface area contributed by atoms with Crippen molar-refractivity contribution in [1.82, 2.24) is 0 Å². The third-order valence-electron chi connectivity index (χ3n) is 6.61. The van der Waals surface area contributed by atoms with Gasteiger partial charge in [0.2, 0.25) is 0 Å². The van der Waals surface area contributed by atoms with Crippen molar-refractivity contribution in [3.05, 3.63) is 90.1 Å². The molecule has 2 N–H and O–H groups in total. The Hall–Kier alpha value is -2.79. The quantitative estimate of drug-likeness (QED) is 0.117. The molecule has 4 nitrogen and oxygen atoms in total. The Balaban J connectivity index is 2.30. The predicted molar refractivity (Wildman–Crippen MR) is 168 cm³/mol. The number of Topliss-reactive ketones (excluding diaryl/α,β-unsaturated/α-hetero) is 1. The van der Waals surface area contributed by atoms with Crippen molar-refractivity contribution in [1.29, 1.82) is 0 Å². The van der Waals surface area contributed by atoms with Crippen LogP contribution in [0.5, 0.6) is 5.75 Å². The Morgan fingerprint density at radius 1 is 0.795 bits per heavy atom. The number of aromatic carboxylic acids is 1. The van der Waals surface area contributed by atoms with Gasteiger partial charge in [0.25, 0.3) is 0 Å². The van der Waals surface area contributed by atoms with Crippen LogP contribution < -0.4 is 0 Å². The molecular weight excluding hydrogens is 504 g/mol. The molecule has 0 aromatic heterocycles. The Kier molecular flexibility index (Phi) is 18.5. The summed E-state index contributed by atoms with van der Waals surface area (Å²) in [6.45, 7) is 6.24. The second-order valence-corrected chi connectivity index (χ2v) is 11.0. The zero-order valence-corrected chi connectivity index (χ0v) is 24.9. The predicted octanol–water partition coefficient (Wildman–Crippen LogP) is 9.42. The van der Waals surface area contributed by atoms with Crippen LogP contribution in [0.3, 0.4) is 0 Å². The molecule has 0 saturated heterocycles. The van der Waals surface area contributed by atoms with Crippen molar-refractivity contribution in [2.75, 3.05) is 5.75 Å². The van der Waals surface area contributed by atoms with E-state index in [0.717, 1.165) is 70.0 Å². The zero-order valence-electron chi connectivity index (χ0n) is 24.1. The monoisotopic (exact) mass is 552 g/mol. The molecule has 0 heterocycles. The number of aromatic hydroxyl groups is 1. The lowest BCUT2D eigenvalue weighted by Gasteiger charge is -2.30. The highest BCUT2D eigenvalue weighted by atomic mass is 32.2. The van der Waals surface area contributed by atoms with Gasteiger partial charge in [0.1, 0.15) is 11.3 Å². The topological polar surface area (TPSA) is 74.6 Å². The normalized spacial score (nSPS) is 12.7. The van der Waals surface area contributed by atoms with E-state index in [0.29, 0.717) is 5.56 Å². The van der Waals surface area contributed by atoms with Crippen molar-refractivity contribution in [2.24, 2.45) is 0 Å². The largest absolute Gasteiger partial charge is 0.507 e. The summed E-state index contributed by atoms with van der Waals surface area (Å²) in [4.78, 5) is 24.5. The molecule has 0 unspecified atom stereocenters. The SMILES string of the molecule is CC/C=C\C/C=C\C/C=C\C/C=C\C/C=C\CCCCSC(CC)(CC)C(=O)Cc1ccc(O)c(C(=O)O)c1. The van der Waals surface area contributed by atoms with E-state index in [1.165, 1.54) is 12.1 Å². The first-order chi connectivity index (χ1) is 18.9. The average molecular weight is 553 g/mol. The molecule has 0 amide bonds. The first-order valence-corrected chi connectivity index (χ1v) is 15.4. The van der Waals surface area contributed by atoms with Gasteiger partial charge in [-0.25, -0.2) is 4.79 Å². The van der Waals surface area contributed by atoms with E-state index in [4.69, 9.17) is 0 Å². The number of hydrogen-bond donors (Lipinski definition) is 2. The second kappa shape index (κ2) is 21.1. The molecule has 0 bridgehead atoms. The Labute approximate surface area is 240 Å². The van der Waals surface area contributed by atoms with E-state index in [1.54, 1.807) is 17.8 Å². The summed E-state index contributed by atoms with van der Waals surface area (Å²) in [5.74, 6) is -0.426. The highest BCUT2D eigenvalue weighted by Crippen LogP contribution is 2.36. The molecule has 1 aromatic rings. The first-order valence-electron chi connectivity index (χ1n) is 14.4. The maximum absolute atomic E-state index is 13.2. The van der Waals surface area contributed by atoms with Crippen molar-refractivity contribution in [3.8, 4) is 5.75 Å². The molecule has 0 aliphatic heterocycles. The van der Waals surface area contributed by atoms with Gasteiger partial charge in [-0.2, -0.15) is 0 Å². The van der Waals surface area contributed by atoms with E-state index in [1.807, 2.05) is 13.8 Å². The summed E-state index contributed by atoms with van der Waals surface area (Å²) >= 11 is 1.73. The fourth-order valence-electron chi connectivity index (χ4n) is 4.14. The molecule has 214 valence electrons. The summed E-state index contributed by atoms with van der Waals surface area (Å²) in [5, 5.41) is 19.0. The highest BCUT2D eigenvalue weighted by molar-refractivity contribution is 8.01. The Morgan fingerprint density at radius 2 is 1.33 bits per heavy atom. The summed E-state index contributed by atoms with van der Waals surface area (Å²) in [7, 11) is 0. The van der Waals surface area contributed by atoms with Gasteiger partial charge in [-0.15, -0.1) is 11.8 Å². The smallest absolute Gasteiger partial charge is 0.339 e. The molecule has 0 aliphatic carbocycles. The molecule has 0 saturated carbocycles. The van der Waals surface area contributed by atoms with Gasteiger partial charge in [0.05, 0.1) is 4.75 Å². The number of ketones is 1. The van der Waals surface area contributed by atoms with Gasteiger partial charge in [-0.1, -0.05) is 87.6 Å². The van der Waals surface area contributed by atoms with Gasteiger partial charge < -0.3 is 10.2 Å². The van der Waals surface area contributed by atoms with Crippen LogP contribution >= 0.6 is 11.8 Å². The van der Waals surface area contributed by atoms with Gasteiger partial charge in [-0.3, -0.25) is 4.79 Å². The number of hydrogen-bond acceptors (Lipinski definition) is 4. The number of thioether (sulfide) groups is 1. The van der Waals surface area contributed by atoms with Crippen LogP contribution in [-0.4, -0.2) is 32.5 Å². The Bertz CT molecular complexity index is 996. The number of carboxylic acid groups (broad SMARTS) is 1. The van der Waals surface area contributed by atoms with Crippen molar-refractivity contribution in [2.45, 2.75) is 96.1 Å². The zero-order chi connectivity index (χ0) is 28.8. The molecular formula is C34H48O4S. The third-order valence-corrected chi connectivity index (χ3v) is 8.46. The fraction of sp³-hybridized carbons (Fsp3) is 0.471. The summed E-state index contributed by atoms with van der Waals surface area (Å²) in [6, 6.07) is 4.39. The van der Waals surface area contributed by atoms with Crippen molar-refractivity contribution >= 4 is 23.5 Å². The summed E-state index contributed by atoms with van der Waals surface area (Å²) in [5.41, 5.74) is 0.460. The lowest BCUT2D eigenvalue weighted by molar-refractivity contribution is -0.120. The fourth-order valence-corrected chi connectivity index (χ4v) is 5.52. The maximum Gasteiger partial charge on any atom is 0.339 e. The number of phenols is 1. The van der Waals surface area contributed by atoms with Crippen LogP contribution in [-0.2, 0) is 11.2 Å². The van der Waals surface area contributed by atoms with Crippen LogP contribution in [0, 0.1) is 0 Å². The molecule has 0 atom stereocenters. The van der Waals surface area contributed by atoms with E-state index in [2.05, 4.69) is 67.7 Å². The lowest BCUT2D eigenvalue weighted by Crippen LogP contribution is -2.35. The number of benzene rings is 1. The van der Waals surface area contributed by atoms with E-state index < -0.39 is 10.7 Å². The minimum absolute atomic E-state index is 0.123. The van der Waals surface area contributed by atoms with Gasteiger partial charge in [0, 0.05) is 6.42 Å². The first kappa shape index (κ1) is 34.2.